The lowest BCUT2D eigenvalue weighted by atomic mass is 10.1. The average molecular weight is 441 g/mol. The molecule has 0 aliphatic carbocycles. The number of hydrogen-bond donors (Lipinski definition) is 2. The van der Waals surface area contributed by atoms with Crippen LogP contribution in [0.3, 0.4) is 0 Å². The molecule has 5 heteroatoms. The van der Waals surface area contributed by atoms with E-state index in [4.69, 9.17) is 4.74 Å². The third-order valence-corrected chi connectivity index (χ3v) is 5.72. The number of hydrogen-bond acceptors (Lipinski definition) is 3. The smallest absolute Gasteiger partial charge is 0.352 e. The minimum Gasteiger partial charge on any atom is -0.494 e. The minimum absolute atomic E-state index is 0.314. The summed E-state index contributed by atoms with van der Waals surface area (Å²) in [6.07, 6.45) is 1.80. The Morgan fingerprint density at radius 3 is 2.48 bits per heavy atom. The third-order valence-electron chi connectivity index (χ3n) is 5.72. The Balaban J connectivity index is 1.66. The summed E-state index contributed by atoms with van der Waals surface area (Å²) in [6, 6.07) is 23.8. The van der Waals surface area contributed by atoms with Gasteiger partial charge in [-0.3, -0.25) is 0 Å². The summed E-state index contributed by atoms with van der Waals surface area (Å²) in [4.78, 5) is 12.4. The Morgan fingerprint density at radius 1 is 1.03 bits per heavy atom. The number of nitrogens with one attached hydrogen (secondary N) is 1. The van der Waals surface area contributed by atoms with Gasteiger partial charge in [-0.1, -0.05) is 73.3 Å². The molecule has 4 rings (SSSR count). The summed E-state index contributed by atoms with van der Waals surface area (Å²) in [5.74, 6) is -0.0863. The van der Waals surface area contributed by atoms with Crippen molar-refractivity contribution in [1.82, 2.24) is 9.88 Å². The van der Waals surface area contributed by atoms with Gasteiger partial charge < -0.3 is 19.7 Å². The zero-order valence-corrected chi connectivity index (χ0v) is 18.8. The van der Waals surface area contributed by atoms with Gasteiger partial charge in [-0.2, -0.15) is 0 Å². The van der Waals surface area contributed by atoms with E-state index in [1.807, 2.05) is 84.3 Å². The molecule has 3 aromatic carbocycles. The zero-order chi connectivity index (χ0) is 23.2. The summed E-state index contributed by atoms with van der Waals surface area (Å²) < 4.78 is 7.61. The first-order valence-corrected chi connectivity index (χ1v) is 11.1. The number of carboxylic acid groups (broad SMARTS) is 1. The molecule has 0 unspecified atom stereocenters. The quantitative estimate of drug-likeness (QED) is 0.331. The molecule has 5 nitrogen and oxygen atoms in total. The van der Waals surface area contributed by atoms with Crippen LogP contribution in [0, 0.1) is 0 Å². The van der Waals surface area contributed by atoms with Crippen molar-refractivity contribution in [2.75, 3.05) is 6.61 Å². The fraction of sp³-hybridized carbons (Fsp3) is 0.179. The van der Waals surface area contributed by atoms with Crippen molar-refractivity contribution in [3.05, 3.63) is 107 Å². The number of carbonyl (C=O) groups is 1. The minimum atomic E-state index is -0.930. The average Bonchev–Trinajstić information content (AvgIpc) is 3.14. The number of nitrogens with zero attached hydrogens (tertiary/aromatic N) is 1. The van der Waals surface area contributed by atoms with Crippen molar-refractivity contribution in [2.45, 2.75) is 26.6 Å². The first-order chi connectivity index (χ1) is 16.1. The molecule has 0 radical (unpaired) electrons. The van der Waals surface area contributed by atoms with E-state index in [0.717, 1.165) is 38.9 Å². The number of para-hydroxylation sites is 2. The highest BCUT2D eigenvalue weighted by molar-refractivity contribution is 5.98. The first-order valence-electron chi connectivity index (χ1n) is 11.1. The lowest BCUT2D eigenvalue weighted by molar-refractivity contribution is 0.0684. The molecule has 1 heterocycles. The van der Waals surface area contributed by atoms with E-state index in [1.54, 1.807) is 6.08 Å². The van der Waals surface area contributed by atoms with Crippen molar-refractivity contribution in [3.8, 4) is 5.75 Å². The summed E-state index contributed by atoms with van der Waals surface area (Å²) in [5, 5.41) is 14.5. The van der Waals surface area contributed by atoms with Crippen LogP contribution in [0.1, 0.15) is 39.7 Å². The summed E-state index contributed by atoms with van der Waals surface area (Å²) in [5.41, 5.74) is 5.13. The van der Waals surface area contributed by atoms with Crippen LogP contribution in [0.5, 0.6) is 5.75 Å². The molecule has 0 aliphatic rings. The van der Waals surface area contributed by atoms with Gasteiger partial charge in [0.1, 0.15) is 11.4 Å². The van der Waals surface area contributed by atoms with Gasteiger partial charge in [-0.25, -0.2) is 4.79 Å². The maximum absolute atomic E-state index is 12.4. The van der Waals surface area contributed by atoms with Crippen LogP contribution in [0.15, 0.2) is 79.4 Å². The van der Waals surface area contributed by atoms with Gasteiger partial charge >= 0.3 is 5.97 Å². The van der Waals surface area contributed by atoms with E-state index in [2.05, 4.69) is 11.9 Å². The van der Waals surface area contributed by atoms with Crippen LogP contribution < -0.4 is 10.1 Å². The number of aromatic carboxylic acids is 1. The van der Waals surface area contributed by atoms with Gasteiger partial charge in [0.15, 0.2) is 0 Å². The number of aromatic nitrogens is 1. The van der Waals surface area contributed by atoms with Crippen molar-refractivity contribution in [3.63, 3.8) is 0 Å². The number of rotatable bonds is 10. The molecule has 0 spiro atoms. The van der Waals surface area contributed by atoms with Crippen LogP contribution in [-0.4, -0.2) is 22.2 Å². The van der Waals surface area contributed by atoms with E-state index < -0.39 is 5.97 Å². The van der Waals surface area contributed by atoms with Gasteiger partial charge in [0, 0.05) is 41.7 Å². The molecule has 4 aromatic rings. The van der Waals surface area contributed by atoms with E-state index in [1.165, 1.54) is 0 Å². The molecule has 33 heavy (non-hydrogen) atoms. The monoisotopic (exact) mass is 440 g/mol. The van der Waals surface area contributed by atoms with Gasteiger partial charge in [0.05, 0.1) is 6.61 Å². The number of carboxylic acids is 1. The van der Waals surface area contributed by atoms with Crippen LogP contribution in [0.25, 0.3) is 17.0 Å². The predicted molar refractivity (Wildman–Crippen MR) is 133 cm³/mol. The summed E-state index contributed by atoms with van der Waals surface area (Å²) in [7, 11) is 0. The summed E-state index contributed by atoms with van der Waals surface area (Å²) in [6.45, 7) is 7.85. The fourth-order valence-electron chi connectivity index (χ4n) is 4.17. The molecule has 0 saturated heterocycles. The standard InChI is InChI=1S/C28H28N2O3/c1-3-20-13-15-21(16-14-20)19-30-25-11-7-6-10-23(25)24(27(30)28(31)32)18-29-17-22-9-5-8-12-26(22)33-4-2/h3,5-16,29H,1,4,17-19H2,2H3,(H,31,32). The Bertz CT molecular complexity index is 1270. The van der Waals surface area contributed by atoms with E-state index >= 15 is 0 Å². The summed E-state index contributed by atoms with van der Waals surface area (Å²) >= 11 is 0. The van der Waals surface area contributed by atoms with E-state index in [-0.39, 0.29) is 0 Å². The highest BCUT2D eigenvalue weighted by atomic mass is 16.5. The zero-order valence-electron chi connectivity index (χ0n) is 18.8. The molecule has 0 atom stereocenters. The Hall–Kier alpha value is -3.83. The largest absolute Gasteiger partial charge is 0.494 e. The maximum atomic E-state index is 12.4. The van der Waals surface area contributed by atoms with Crippen LogP contribution >= 0.6 is 0 Å². The molecule has 0 amide bonds. The molecule has 0 fully saturated rings. The molecule has 1 aromatic heterocycles. The highest BCUT2D eigenvalue weighted by Gasteiger charge is 2.22. The molecular weight excluding hydrogens is 412 g/mol. The SMILES string of the molecule is C=Cc1ccc(Cn2c(C(=O)O)c(CNCc3ccccc3OCC)c3ccccc32)cc1. The Kier molecular flexibility index (Phi) is 6.91. The lowest BCUT2D eigenvalue weighted by Crippen LogP contribution is -2.17. The topological polar surface area (TPSA) is 63.5 Å². The number of ether oxygens (including phenoxy) is 1. The second-order valence-corrected chi connectivity index (χ2v) is 7.83. The van der Waals surface area contributed by atoms with Gasteiger partial charge in [0.25, 0.3) is 0 Å². The van der Waals surface area contributed by atoms with Gasteiger partial charge in [-0.05, 0) is 30.2 Å². The molecule has 0 saturated carbocycles. The lowest BCUT2D eigenvalue weighted by Gasteiger charge is -2.12. The number of benzene rings is 3. The predicted octanol–water partition coefficient (Wildman–Crippen LogP) is 5.72. The van der Waals surface area contributed by atoms with Crippen LogP contribution in [0.2, 0.25) is 0 Å². The molecule has 0 bridgehead atoms. The molecule has 168 valence electrons. The fourth-order valence-corrected chi connectivity index (χ4v) is 4.17. The van der Waals surface area contributed by atoms with E-state index in [9.17, 15) is 9.90 Å². The molecule has 0 aliphatic heterocycles. The van der Waals surface area contributed by atoms with Gasteiger partial charge in [0.2, 0.25) is 0 Å². The highest BCUT2D eigenvalue weighted by Crippen LogP contribution is 2.28. The third kappa shape index (κ3) is 4.83. The Labute approximate surface area is 193 Å². The Morgan fingerprint density at radius 2 is 1.76 bits per heavy atom. The van der Waals surface area contributed by atoms with Gasteiger partial charge in [-0.15, -0.1) is 0 Å². The molecular formula is C28H28N2O3. The van der Waals surface area contributed by atoms with Crippen LogP contribution in [0.4, 0.5) is 0 Å². The maximum Gasteiger partial charge on any atom is 0.352 e. The molecule has 2 N–H and O–H groups in total. The second kappa shape index (κ2) is 10.2. The normalized spacial score (nSPS) is 10.9. The van der Waals surface area contributed by atoms with Crippen molar-refractivity contribution in [1.29, 1.82) is 0 Å². The van der Waals surface area contributed by atoms with E-state index in [0.29, 0.717) is 31.9 Å². The van der Waals surface area contributed by atoms with Crippen molar-refractivity contribution < 1.29 is 14.6 Å². The van der Waals surface area contributed by atoms with Crippen molar-refractivity contribution in [2.24, 2.45) is 0 Å². The number of fused-ring (bicyclic) bond motifs is 1. The van der Waals surface area contributed by atoms with Crippen molar-refractivity contribution >= 4 is 22.9 Å². The first kappa shape index (κ1) is 22.4. The second-order valence-electron chi connectivity index (χ2n) is 7.83. The van der Waals surface area contributed by atoms with Crippen LogP contribution in [-0.2, 0) is 19.6 Å².